The van der Waals surface area contributed by atoms with Gasteiger partial charge in [-0.3, -0.25) is 19.3 Å². The number of amides is 2. The highest BCUT2D eigenvalue weighted by molar-refractivity contribution is 6.21. The fourth-order valence-electron chi connectivity index (χ4n) is 4.53. The molecule has 0 spiro atoms. The van der Waals surface area contributed by atoms with Crippen molar-refractivity contribution in [2.45, 2.75) is 58.3 Å². The van der Waals surface area contributed by atoms with Gasteiger partial charge in [0.05, 0.1) is 23.8 Å². The summed E-state index contributed by atoms with van der Waals surface area (Å²) in [5.74, 6) is -1.60. The number of carbonyl (C=O) groups excluding carboxylic acids is 3. The Morgan fingerprint density at radius 1 is 1.00 bits per heavy atom. The first-order valence-electron chi connectivity index (χ1n) is 10.9. The summed E-state index contributed by atoms with van der Waals surface area (Å²) in [4.78, 5) is 39.7. The molecule has 0 saturated carbocycles. The minimum Gasteiger partial charge on any atom is -0.460 e. The Bertz CT molecular complexity index is 972. The number of ether oxygens (including phenoxy) is 3. The van der Waals surface area contributed by atoms with Crippen LogP contribution in [0.4, 0.5) is 0 Å². The number of hydrogen-bond acceptors (Lipinski definition) is 6. The normalized spacial score (nSPS) is 27.3. The molecule has 168 valence electrons. The molecule has 2 aliphatic heterocycles. The number of hydrogen-bond donors (Lipinski definition) is 0. The van der Waals surface area contributed by atoms with Crippen molar-refractivity contribution in [2.24, 2.45) is 5.92 Å². The smallest absolute Gasteiger partial charge is 0.302 e. The van der Waals surface area contributed by atoms with Crippen molar-refractivity contribution in [1.82, 2.24) is 4.90 Å². The first kappa shape index (κ1) is 22.2. The van der Waals surface area contributed by atoms with Crippen molar-refractivity contribution in [2.75, 3.05) is 0 Å². The van der Waals surface area contributed by atoms with Crippen LogP contribution in [-0.4, -0.2) is 47.2 Å². The molecule has 0 aromatic heterocycles. The SMILES string of the molecule is CC[C@H]1OC(OCc2ccccc2)[C@H](N2C(=O)c3ccccc3C2=O)[C@H](OC(C)=O)[C@@H]1C. The lowest BCUT2D eigenvalue weighted by atomic mass is 9.86. The number of fused-ring (bicyclic) bond motifs is 1. The fourth-order valence-corrected chi connectivity index (χ4v) is 4.53. The highest BCUT2D eigenvalue weighted by atomic mass is 16.7. The summed E-state index contributed by atoms with van der Waals surface area (Å²) in [6, 6.07) is 15.3. The minimum absolute atomic E-state index is 0.225. The second-order valence-electron chi connectivity index (χ2n) is 8.20. The molecule has 2 aromatic carbocycles. The van der Waals surface area contributed by atoms with Gasteiger partial charge in [0.1, 0.15) is 12.1 Å². The van der Waals surface area contributed by atoms with E-state index in [2.05, 4.69) is 0 Å². The Kier molecular flexibility index (Phi) is 6.39. The number of nitrogens with zero attached hydrogens (tertiary/aromatic N) is 1. The zero-order chi connectivity index (χ0) is 22.8. The maximum absolute atomic E-state index is 13.3. The average Bonchev–Trinajstić information content (AvgIpc) is 3.05. The van der Waals surface area contributed by atoms with Gasteiger partial charge in [0.15, 0.2) is 6.29 Å². The van der Waals surface area contributed by atoms with Crippen LogP contribution in [0.25, 0.3) is 0 Å². The van der Waals surface area contributed by atoms with E-state index in [1.807, 2.05) is 44.2 Å². The van der Waals surface area contributed by atoms with E-state index in [4.69, 9.17) is 14.2 Å². The summed E-state index contributed by atoms with van der Waals surface area (Å²) in [7, 11) is 0. The molecule has 0 bridgehead atoms. The summed E-state index contributed by atoms with van der Waals surface area (Å²) in [6.45, 7) is 5.42. The van der Waals surface area contributed by atoms with Crippen molar-refractivity contribution in [3.8, 4) is 0 Å². The monoisotopic (exact) mass is 437 g/mol. The summed E-state index contributed by atoms with van der Waals surface area (Å²) < 4.78 is 18.1. The topological polar surface area (TPSA) is 82.1 Å². The third-order valence-electron chi connectivity index (χ3n) is 6.11. The van der Waals surface area contributed by atoms with Gasteiger partial charge in [0.2, 0.25) is 0 Å². The minimum atomic E-state index is -0.942. The van der Waals surface area contributed by atoms with Crippen molar-refractivity contribution in [1.29, 1.82) is 0 Å². The van der Waals surface area contributed by atoms with Crippen LogP contribution >= 0.6 is 0 Å². The Balaban J connectivity index is 1.71. The lowest BCUT2D eigenvalue weighted by Crippen LogP contribution is -2.63. The van der Waals surface area contributed by atoms with Gasteiger partial charge in [-0.25, -0.2) is 0 Å². The fraction of sp³-hybridized carbons (Fsp3) is 0.400. The van der Waals surface area contributed by atoms with Crippen LogP contribution in [0.2, 0.25) is 0 Å². The quantitative estimate of drug-likeness (QED) is 0.508. The van der Waals surface area contributed by atoms with Gasteiger partial charge in [-0.1, -0.05) is 56.3 Å². The predicted molar refractivity (Wildman–Crippen MR) is 116 cm³/mol. The molecule has 1 saturated heterocycles. The first-order valence-corrected chi connectivity index (χ1v) is 10.9. The van der Waals surface area contributed by atoms with Crippen LogP contribution in [0.3, 0.4) is 0 Å². The third kappa shape index (κ3) is 4.06. The maximum atomic E-state index is 13.3. The Labute approximate surface area is 187 Å². The number of esters is 1. The van der Waals surface area contributed by atoms with Crippen LogP contribution < -0.4 is 0 Å². The number of imide groups is 1. The molecule has 1 unspecified atom stereocenters. The Morgan fingerprint density at radius 3 is 2.16 bits per heavy atom. The van der Waals surface area contributed by atoms with E-state index in [1.165, 1.54) is 6.92 Å². The number of rotatable bonds is 6. The van der Waals surface area contributed by atoms with Gasteiger partial charge < -0.3 is 14.2 Å². The number of benzene rings is 2. The molecular weight excluding hydrogens is 410 g/mol. The Hall–Kier alpha value is -3.03. The molecule has 32 heavy (non-hydrogen) atoms. The predicted octanol–water partition coefficient (Wildman–Crippen LogP) is 3.57. The van der Waals surface area contributed by atoms with Crippen LogP contribution in [0.1, 0.15) is 53.5 Å². The zero-order valence-electron chi connectivity index (χ0n) is 18.4. The maximum Gasteiger partial charge on any atom is 0.302 e. The van der Waals surface area contributed by atoms with E-state index in [0.717, 1.165) is 10.5 Å². The average molecular weight is 437 g/mol. The third-order valence-corrected chi connectivity index (χ3v) is 6.11. The first-order chi connectivity index (χ1) is 15.4. The molecule has 2 aliphatic rings. The molecule has 0 aliphatic carbocycles. The summed E-state index contributed by atoms with van der Waals surface area (Å²) in [5, 5.41) is 0. The highest BCUT2D eigenvalue weighted by Crippen LogP contribution is 2.37. The van der Waals surface area contributed by atoms with E-state index >= 15 is 0 Å². The lowest BCUT2D eigenvalue weighted by Gasteiger charge is -2.47. The van der Waals surface area contributed by atoms with E-state index in [-0.39, 0.29) is 18.6 Å². The van der Waals surface area contributed by atoms with Crippen molar-refractivity contribution >= 4 is 17.8 Å². The molecule has 2 aromatic rings. The van der Waals surface area contributed by atoms with Gasteiger partial charge in [-0.15, -0.1) is 0 Å². The molecule has 4 rings (SSSR count). The van der Waals surface area contributed by atoms with Crippen LogP contribution in [-0.2, 0) is 25.6 Å². The largest absolute Gasteiger partial charge is 0.460 e. The van der Waals surface area contributed by atoms with Crippen LogP contribution in [0.5, 0.6) is 0 Å². The van der Waals surface area contributed by atoms with E-state index < -0.39 is 36.2 Å². The molecule has 0 radical (unpaired) electrons. The van der Waals surface area contributed by atoms with E-state index in [9.17, 15) is 14.4 Å². The van der Waals surface area contributed by atoms with Gasteiger partial charge in [0, 0.05) is 12.8 Å². The van der Waals surface area contributed by atoms with Crippen molar-refractivity contribution in [3.05, 3.63) is 71.3 Å². The van der Waals surface area contributed by atoms with E-state index in [1.54, 1.807) is 24.3 Å². The molecule has 2 amide bonds. The zero-order valence-corrected chi connectivity index (χ0v) is 18.4. The second kappa shape index (κ2) is 9.22. The standard InChI is InChI=1S/C25H27NO6/c1-4-20-15(2)22(31-16(3)27)21(25(32-20)30-14-17-10-6-5-7-11-17)26-23(28)18-12-8-9-13-19(18)24(26)29/h5-13,15,20-22,25H,4,14H2,1-3H3/t15-,20-,21-,22-,25?/m1/s1. The summed E-state index contributed by atoms with van der Waals surface area (Å²) in [6.07, 6.45) is -1.29. The second-order valence-corrected chi connectivity index (χ2v) is 8.20. The Morgan fingerprint density at radius 2 is 1.59 bits per heavy atom. The van der Waals surface area contributed by atoms with Gasteiger partial charge in [-0.2, -0.15) is 0 Å². The van der Waals surface area contributed by atoms with Crippen molar-refractivity contribution in [3.63, 3.8) is 0 Å². The molecule has 7 heteroatoms. The molecule has 2 heterocycles. The van der Waals surface area contributed by atoms with Gasteiger partial charge >= 0.3 is 5.97 Å². The van der Waals surface area contributed by atoms with Gasteiger partial charge in [0.25, 0.3) is 11.8 Å². The van der Waals surface area contributed by atoms with Crippen LogP contribution in [0, 0.1) is 5.92 Å². The highest BCUT2D eigenvalue weighted by Gasteiger charge is 2.54. The molecule has 0 N–H and O–H groups in total. The molecular formula is C25H27NO6. The lowest BCUT2D eigenvalue weighted by molar-refractivity contribution is -0.266. The van der Waals surface area contributed by atoms with Gasteiger partial charge in [-0.05, 0) is 24.1 Å². The molecule has 7 nitrogen and oxygen atoms in total. The van der Waals surface area contributed by atoms with Crippen LogP contribution in [0.15, 0.2) is 54.6 Å². The number of carbonyl (C=O) groups is 3. The molecule has 5 atom stereocenters. The molecule has 1 fully saturated rings. The summed E-state index contributed by atoms with van der Waals surface area (Å²) >= 11 is 0. The summed E-state index contributed by atoms with van der Waals surface area (Å²) in [5.41, 5.74) is 1.57. The van der Waals surface area contributed by atoms with Crippen molar-refractivity contribution < 1.29 is 28.6 Å². The van der Waals surface area contributed by atoms with E-state index in [0.29, 0.717) is 17.5 Å².